The number of thiazole rings is 1. The Morgan fingerprint density at radius 3 is 2.60 bits per heavy atom. The molecule has 0 N–H and O–H groups in total. The topological polar surface area (TPSA) is 29.0 Å². The third-order valence-electron chi connectivity index (χ3n) is 5.12. The molecular formula is C20H24N3PS. The van der Waals surface area contributed by atoms with E-state index in [9.17, 15) is 0 Å². The van der Waals surface area contributed by atoms with Crippen molar-refractivity contribution in [3.63, 3.8) is 0 Å². The third kappa shape index (κ3) is 3.57. The Morgan fingerprint density at radius 1 is 1.12 bits per heavy atom. The van der Waals surface area contributed by atoms with Gasteiger partial charge in [-0.3, -0.25) is 14.6 Å². The summed E-state index contributed by atoms with van der Waals surface area (Å²) in [5.41, 5.74) is 4.37. The summed E-state index contributed by atoms with van der Waals surface area (Å²) in [6, 6.07) is 8.90. The Bertz CT molecular complexity index is 921. The Hall–Kier alpha value is -1.48. The molecule has 0 bridgehead atoms. The zero-order chi connectivity index (χ0) is 17.4. The average Bonchev–Trinajstić information content (AvgIpc) is 3.15. The molecule has 2 aromatic heterocycles. The second-order valence-corrected chi connectivity index (χ2v) is 12.1. The molecule has 0 aliphatic carbocycles. The first-order chi connectivity index (χ1) is 12.0. The number of hydrogen-bond acceptors (Lipinski definition) is 4. The van der Waals surface area contributed by atoms with E-state index in [1.807, 2.05) is 17.9 Å². The van der Waals surface area contributed by atoms with Gasteiger partial charge in [-0.1, -0.05) is 25.5 Å². The van der Waals surface area contributed by atoms with Crippen LogP contribution in [0.3, 0.4) is 0 Å². The highest BCUT2D eigenvalue weighted by Gasteiger charge is 2.24. The Kier molecular flexibility index (Phi) is 4.53. The van der Waals surface area contributed by atoms with Crippen LogP contribution in [0, 0.1) is 0 Å². The van der Waals surface area contributed by atoms with Gasteiger partial charge in [0.1, 0.15) is 0 Å². The van der Waals surface area contributed by atoms with Crippen LogP contribution in [0.2, 0.25) is 0 Å². The second-order valence-electron chi connectivity index (χ2n) is 7.39. The van der Waals surface area contributed by atoms with E-state index in [4.69, 9.17) is 4.98 Å². The molecule has 1 fully saturated rings. The summed E-state index contributed by atoms with van der Waals surface area (Å²) < 4.78 is 2.59. The lowest BCUT2D eigenvalue weighted by molar-refractivity contribution is 0.334. The molecule has 130 valence electrons. The highest BCUT2D eigenvalue weighted by molar-refractivity contribution is 7.70. The molecule has 1 aliphatic heterocycles. The van der Waals surface area contributed by atoms with Crippen molar-refractivity contribution < 1.29 is 0 Å². The number of nitrogens with zero attached hydrogens (tertiary/aromatic N) is 3. The summed E-state index contributed by atoms with van der Waals surface area (Å²) in [6.07, 6.45) is 10.7. The van der Waals surface area contributed by atoms with Gasteiger partial charge in [0, 0.05) is 42.5 Å². The maximum Gasteiger partial charge on any atom is 0.0797 e. The van der Waals surface area contributed by atoms with Crippen molar-refractivity contribution in [3.05, 3.63) is 47.9 Å². The first kappa shape index (κ1) is 17.0. The van der Waals surface area contributed by atoms with E-state index in [2.05, 4.69) is 53.5 Å². The van der Waals surface area contributed by atoms with Crippen LogP contribution in [0.1, 0.15) is 24.5 Å². The molecule has 3 aromatic rings. The molecule has 0 saturated carbocycles. The normalized spacial score (nSPS) is 17.2. The van der Waals surface area contributed by atoms with Gasteiger partial charge in [-0.15, -0.1) is 11.3 Å². The standard InChI is InChI=1S/C20H24N3PS/c1-24(2,3)23-8-6-15(7-9-23)19-11-18-10-16(20-13-21-14-25-20)4-5-17(18)12-22-19/h4-5,10-15H,1,6-9H2,2-3H3. The van der Waals surface area contributed by atoms with Gasteiger partial charge in [-0.25, -0.2) is 0 Å². The predicted octanol–water partition coefficient (Wildman–Crippen LogP) is 5.16. The van der Waals surface area contributed by atoms with Gasteiger partial charge in [0.05, 0.1) is 10.4 Å². The fourth-order valence-corrected chi connectivity index (χ4v) is 5.53. The second kappa shape index (κ2) is 6.68. The highest BCUT2D eigenvalue weighted by atomic mass is 32.1. The molecule has 0 unspecified atom stereocenters. The van der Waals surface area contributed by atoms with Crippen LogP contribution in [-0.4, -0.2) is 47.4 Å². The average molecular weight is 369 g/mol. The Morgan fingerprint density at radius 2 is 1.92 bits per heavy atom. The van der Waals surface area contributed by atoms with Crippen LogP contribution in [-0.2, 0) is 0 Å². The minimum atomic E-state index is -1.12. The van der Waals surface area contributed by atoms with Gasteiger partial charge in [-0.2, -0.15) is 0 Å². The SMILES string of the molecule is C=P(C)(C)N1CCC(c2cc3cc(-c4cncs4)ccc3cn2)CC1. The number of rotatable bonds is 3. The summed E-state index contributed by atoms with van der Waals surface area (Å²) in [4.78, 5) is 10.2. The minimum absolute atomic E-state index is 0.569. The summed E-state index contributed by atoms with van der Waals surface area (Å²) >= 11 is 1.68. The first-order valence-electron chi connectivity index (χ1n) is 8.73. The summed E-state index contributed by atoms with van der Waals surface area (Å²) in [5.74, 6) is 0.569. The molecule has 25 heavy (non-hydrogen) atoms. The highest BCUT2D eigenvalue weighted by Crippen LogP contribution is 2.44. The fraction of sp³-hybridized carbons (Fsp3) is 0.350. The van der Waals surface area contributed by atoms with E-state index in [-0.39, 0.29) is 0 Å². The van der Waals surface area contributed by atoms with Crippen LogP contribution in [0.15, 0.2) is 42.2 Å². The van der Waals surface area contributed by atoms with Crippen molar-refractivity contribution in [2.45, 2.75) is 18.8 Å². The van der Waals surface area contributed by atoms with Gasteiger partial charge < -0.3 is 0 Å². The first-order valence-corrected chi connectivity index (χ1v) is 12.4. The molecular weight excluding hydrogens is 345 g/mol. The lowest BCUT2D eigenvalue weighted by Crippen LogP contribution is -2.30. The van der Waals surface area contributed by atoms with E-state index in [1.165, 1.54) is 39.7 Å². The summed E-state index contributed by atoms with van der Waals surface area (Å²) in [7, 11) is -1.12. The monoisotopic (exact) mass is 369 g/mol. The minimum Gasteiger partial charge on any atom is -0.284 e. The molecule has 4 rings (SSSR count). The van der Waals surface area contributed by atoms with Crippen LogP contribution < -0.4 is 0 Å². The van der Waals surface area contributed by atoms with E-state index in [1.54, 1.807) is 11.3 Å². The van der Waals surface area contributed by atoms with Crippen molar-refractivity contribution >= 4 is 35.4 Å². The van der Waals surface area contributed by atoms with Gasteiger partial charge in [0.2, 0.25) is 0 Å². The van der Waals surface area contributed by atoms with E-state index < -0.39 is 7.04 Å². The van der Waals surface area contributed by atoms with Gasteiger partial charge in [-0.05, 0) is 49.3 Å². The van der Waals surface area contributed by atoms with Crippen LogP contribution in [0.4, 0.5) is 0 Å². The quantitative estimate of drug-likeness (QED) is 0.597. The van der Waals surface area contributed by atoms with Gasteiger partial charge >= 0.3 is 0 Å². The van der Waals surface area contributed by atoms with E-state index in [0.717, 1.165) is 13.1 Å². The number of pyridine rings is 1. The molecule has 0 radical (unpaired) electrons. The van der Waals surface area contributed by atoms with Crippen molar-refractivity contribution in [2.75, 3.05) is 26.4 Å². The number of piperidine rings is 1. The Labute approximate surface area is 153 Å². The van der Waals surface area contributed by atoms with Crippen molar-refractivity contribution in [2.24, 2.45) is 0 Å². The van der Waals surface area contributed by atoms with Crippen LogP contribution in [0.5, 0.6) is 0 Å². The zero-order valence-electron chi connectivity index (χ0n) is 14.9. The van der Waals surface area contributed by atoms with Crippen molar-refractivity contribution in [3.8, 4) is 10.4 Å². The van der Waals surface area contributed by atoms with Crippen molar-refractivity contribution in [1.29, 1.82) is 0 Å². The van der Waals surface area contributed by atoms with E-state index >= 15 is 0 Å². The molecule has 1 saturated heterocycles. The lowest BCUT2D eigenvalue weighted by atomic mass is 9.93. The maximum absolute atomic E-state index is 4.78. The molecule has 0 atom stereocenters. The van der Waals surface area contributed by atoms with Gasteiger partial charge in [0.15, 0.2) is 0 Å². The number of aromatic nitrogens is 2. The third-order valence-corrected chi connectivity index (χ3v) is 7.87. The number of fused-ring (bicyclic) bond motifs is 1. The summed E-state index contributed by atoms with van der Waals surface area (Å²) in [5, 5.41) is 2.49. The number of benzene rings is 1. The molecule has 0 amide bonds. The maximum atomic E-state index is 4.78. The smallest absolute Gasteiger partial charge is 0.0797 e. The zero-order valence-corrected chi connectivity index (χ0v) is 16.6. The lowest BCUT2D eigenvalue weighted by Gasteiger charge is -2.37. The predicted molar refractivity (Wildman–Crippen MR) is 112 cm³/mol. The fourth-order valence-electron chi connectivity index (χ4n) is 3.60. The molecule has 1 aromatic carbocycles. The molecule has 3 heterocycles. The molecule has 1 aliphatic rings. The van der Waals surface area contributed by atoms with Crippen LogP contribution in [0.25, 0.3) is 21.2 Å². The molecule has 3 nitrogen and oxygen atoms in total. The van der Waals surface area contributed by atoms with E-state index in [0.29, 0.717) is 5.92 Å². The molecule has 5 heteroatoms. The molecule has 0 spiro atoms. The largest absolute Gasteiger partial charge is 0.284 e. The Balaban J connectivity index is 1.60. The van der Waals surface area contributed by atoms with Gasteiger partial charge in [0.25, 0.3) is 0 Å². The van der Waals surface area contributed by atoms with Crippen LogP contribution >= 0.6 is 18.4 Å². The number of hydrogen-bond donors (Lipinski definition) is 0. The van der Waals surface area contributed by atoms with Crippen molar-refractivity contribution in [1.82, 2.24) is 14.6 Å². The summed E-state index contributed by atoms with van der Waals surface area (Å²) in [6.45, 7) is 6.91.